The minimum atomic E-state index is -0.0732. The third-order valence-corrected chi connectivity index (χ3v) is 4.69. The third-order valence-electron chi connectivity index (χ3n) is 4.69. The van der Waals surface area contributed by atoms with Crippen LogP contribution in [0.4, 0.5) is 0 Å². The second kappa shape index (κ2) is 4.22. The maximum absolute atomic E-state index is 9.56. The van der Waals surface area contributed by atoms with Crippen molar-refractivity contribution < 1.29 is 5.11 Å². The lowest BCUT2D eigenvalue weighted by Gasteiger charge is -2.43. The summed E-state index contributed by atoms with van der Waals surface area (Å²) in [5, 5.41) is 9.56. The first-order valence-electron chi connectivity index (χ1n) is 6.40. The van der Waals surface area contributed by atoms with Gasteiger partial charge in [-0.3, -0.25) is 0 Å². The van der Waals surface area contributed by atoms with Crippen LogP contribution in [-0.4, -0.2) is 11.2 Å². The fourth-order valence-electron chi connectivity index (χ4n) is 3.54. The first-order valence-corrected chi connectivity index (χ1v) is 6.40. The third kappa shape index (κ3) is 2.13. The summed E-state index contributed by atoms with van der Waals surface area (Å²) in [6.07, 6.45) is 12.6. The maximum Gasteiger partial charge on any atom is 0.0540 e. The van der Waals surface area contributed by atoms with Crippen LogP contribution in [0.1, 0.15) is 64.7 Å². The van der Waals surface area contributed by atoms with E-state index in [4.69, 9.17) is 0 Å². The molecule has 0 aromatic heterocycles. The predicted octanol–water partition coefficient (Wildman–Crippen LogP) is 3.51. The molecule has 2 saturated carbocycles. The Morgan fingerprint density at radius 2 is 1.57 bits per heavy atom. The average Bonchev–Trinajstić information content (AvgIpc) is 2.19. The number of aliphatic hydroxyl groups excluding tert-OH is 1. The zero-order valence-electron chi connectivity index (χ0n) is 9.47. The molecule has 0 radical (unpaired) electrons. The molecule has 0 aliphatic heterocycles. The van der Waals surface area contributed by atoms with Crippen molar-refractivity contribution in [1.29, 1.82) is 0 Å². The minimum absolute atomic E-state index is 0.0732. The summed E-state index contributed by atoms with van der Waals surface area (Å²) in [5.74, 6) is 0.600. The van der Waals surface area contributed by atoms with Crippen LogP contribution in [0.15, 0.2) is 0 Å². The SMILES string of the molecule is CC(O)C1CCC2(CCCCC2)CC1. The first-order chi connectivity index (χ1) is 6.72. The molecule has 0 amide bonds. The monoisotopic (exact) mass is 196 g/mol. The van der Waals surface area contributed by atoms with E-state index in [0.717, 1.165) is 0 Å². The quantitative estimate of drug-likeness (QED) is 0.680. The van der Waals surface area contributed by atoms with Crippen molar-refractivity contribution >= 4 is 0 Å². The predicted molar refractivity (Wildman–Crippen MR) is 59.2 cm³/mol. The van der Waals surface area contributed by atoms with Crippen LogP contribution in [0.5, 0.6) is 0 Å². The molecule has 0 heterocycles. The lowest BCUT2D eigenvalue weighted by molar-refractivity contribution is 0.0385. The zero-order valence-corrected chi connectivity index (χ0v) is 9.47. The van der Waals surface area contributed by atoms with Gasteiger partial charge in [-0.2, -0.15) is 0 Å². The molecular weight excluding hydrogens is 172 g/mol. The summed E-state index contributed by atoms with van der Waals surface area (Å²) in [6.45, 7) is 1.96. The summed E-state index contributed by atoms with van der Waals surface area (Å²) in [5.41, 5.74) is 0.712. The summed E-state index contributed by atoms with van der Waals surface area (Å²) in [4.78, 5) is 0. The Balaban J connectivity index is 1.87. The molecule has 14 heavy (non-hydrogen) atoms. The largest absolute Gasteiger partial charge is 0.393 e. The van der Waals surface area contributed by atoms with E-state index in [1.54, 1.807) is 0 Å². The molecule has 1 nitrogen and oxygen atoms in total. The van der Waals surface area contributed by atoms with Gasteiger partial charge < -0.3 is 5.11 Å². The van der Waals surface area contributed by atoms with Gasteiger partial charge in [0.1, 0.15) is 0 Å². The molecule has 1 heteroatoms. The lowest BCUT2D eigenvalue weighted by Crippen LogP contribution is -2.32. The molecule has 1 N–H and O–H groups in total. The van der Waals surface area contributed by atoms with Crippen molar-refractivity contribution in [2.45, 2.75) is 70.8 Å². The smallest absolute Gasteiger partial charge is 0.0540 e. The van der Waals surface area contributed by atoms with Crippen LogP contribution in [-0.2, 0) is 0 Å². The molecule has 0 bridgehead atoms. The Kier molecular flexibility index (Phi) is 3.16. The Morgan fingerprint density at radius 1 is 1.00 bits per heavy atom. The molecule has 2 rings (SSSR count). The fourth-order valence-corrected chi connectivity index (χ4v) is 3.54. The van der Waals surface area contributed by atoms with Gasteiger partial charge in [-0.1, -0.05) is 19.3 Å². The second-order valence-corrected chi connectivity index (χ2v) is 5.64. The van der Waals surface area contributed by atoms with Gasteiger partial charge in [0.05, 0.1) is 6.10 Å². The van der Waals surface area contributed by atoms with Crippen molar-refractivity contribution in [3.63, 3.8) is 0 Å². The van der Waals surface area contributed by atoms with Gasteiger partial charge in [0.15, 0.2) is 0 Å². The fraction of sp³-hybridized carbons (Fsp3) is 1.00. The number of hydrogen-bond acceptors (Lipinski definition) is 1. The van der Waals surface area contributed by atoms with Gasteiger partial charge in [0.25, 0.3) is 0 Å². The molecule has 1 spiro atoms. The van der Waals surface area contributed by atoms with Gasteiger partial charge in [0, 0.05) is 0 Å². The van der Waals surface area contributed by atoms with Crippen molar-refractivity contribution in [3.8, 4) is 0 Å². The Hall–Kier alpha value is -0.0400. The molecular formula is C13H24O. The summed E-state index contributed by atoms with van der Waals surface area (Å²) in [6, 6.07) is 0. The van der Waals surface area contributed by atoms with Crippen LogP contribution < -0.4 is 0 Å². The average molecular weight is 196 g/mol. The van der Waals surface area contributed by atoms with Crippen LogP contribution in [0, 0.1) is 11.3 Å². The highest BCUT2D eigenvalue weighted by molar-refractivity contribution is 4.88. The van der Waals surface area contributed by atoms with E-state index in [1.807, 2.05) is 6.92 Å². The molecule has 0 saturated heterocycles. The number of hydrogen-bond donors (Lipinski definition) is 1. The van der Waals surface area contributed by atoms with E-state index < -0.39 is 0 Å². The van der Waals surface area contributed by atoms with Gasteiger partial charge in [-0.15, -0.1) is 0 Å². The van der Waals surface area contributed by atoms with Crippen LogP contribution in [0.2, 0.25) is 0 Å². The van der Waals surface area contributed by atoms with E-state index in [-0.39, 0.29) is 6.10 Å². The number of rotatable bonds is 1. The van der Waals surface area contributed by atoms with Crippen LogP contribution in [0.3, 0.4) is 0 Å². The molecule has 2 aliphatic carbocycles. The summed E-state index contributed by atoms with van der Waals surface area (Å²) < 4.78 is 0. The van der Waals surface area contributed by atoms with Crippen molar-refractivity contribution in [2.75, 3.05) is 0 Å². The highest BCUT2D eigenvalue weighted by Gasteiger charge is 2.36. The summed E-state index contributed by atoms with van der Waals surface area (Å²) in [7, 11) is 0. The maximum atomic E-state index is 9.56. The van der Waals surface area contributed by atoms with Crippen molar-refractivity contribution in [3.05, 3.63) is 0 Å². The van der Waals surface area contributed by atoms with E-state index in [0.29, 0.717) is 11.3 Å². The highest BCUT2D eigenvalue weighted by atomic mass is 16.3. The minimum Gasteiger partial charge on any atom is -0.393 e. The lowest BCUT2D eigenvalue weighted by atomic mass is 9.63. The Labute approximate surface area is 87.9 Å². The van der Waals surface area contributed by atoms with Gasteiger partial charge in [-0.25, -0.2) is 0 Å². The molecule has 2 fully saturated rings. The van der Waals surface area contributed by atoms with E-state index in [2.05, 4.69) is 0 Å². The molecule has 0 aromatic rings. The first kappa shape index (κ1) is 10.5. The van der Waals surface area contributed by atoms with E-state index in [9.17, 15) is 5.11 Å². The standard InChI is InChI=1S/C13H24O/c1-11(14)12-5-9-13(10-6-12)7-3-2-4-8-13/h11-12,14H,2-10H2,1H3. The van der Waals surface area contributed by atoms with Gasteiger partial charge >= 0.3 is 0 Å². The highest BCUT2D eigenvalue weighted by Crippen LogP contribution is 2.49. The van der Waals surface area contributed by atoms with Crippen LogP contribution in [0.25, 0.3) is 0 Å². The molecule has 1 unspecified atom stereocenters. The molecule has 82 valence electrons. The van der Waals surface area contributed by atoms with E-state index >= 15 is 0 Å². The molecule has 1 atom stereocenters. The summed E-state index contributed by atoms with van der Waals surface area (Å²) >= 11 is 0. The second-order valence-electron chi connectivity index (χ2n) is 5.64. The van der Waals surface area contributed by atoms with E-state index in [1.165, 1.54) is 57.8 Å². The van der Waals surface area contributed by atoms with Gasteiger partial charge in [-0.05, 0) is 56.8 Å². The van der Waals surface area contributed by atoms with Crippen molar-refractivity contribution in [1.82, 2.24) is 0 Å². The molecule has 2 aliphatic rings. The van der Waals surface area contributed by atoms with Gasteiger partial charge in [0.2, 0.25) is 0 Å². The Morgan fingerprint density at radius 3 is 2.07 bits per heavy atom. The number of aliphatic hydroxyl groups is 1. The zero-order chi connectivity index (χ0) is 10.0. The van der Waals surface area contributed by atoms with Crippen LogP contribution >= 0.6 is 0 Å². The normalized spacial score (nSPS) is 30.4. The van der Waals surface area contributed by atoms with Crippen molar-refractivity contribution in [2.24, 2.45) is 11.3 Å². The molecule has 0 aromatic carbocycles. The topological polar surface area (TPSA) is 20.2 Å². The Bertz CT molecular complexity index is 170.